The van der Waals surface area contributed by atoms with E-state index in [9.17, 15) is 9.18 Å². The van der Waals surface area contributed by atoms with Gasteiger partial charge < -0.3 is 5.11 Å². The third-order valence-corrected chi connectivity index (χ3v) is 5.43. The maximum absolute atomic E-state index is 13.8. The van der Waals surface area contributed by atoms with Gasteiger partial charge >= 0.3 is 6.09 Å². The summed E-state index contributed by atoms with van der Waals surface area (Å²) < 4.78 is 15.7. The number of carboxylic acid groups (broad SMARTS) is 1. The Morgan fingerprint density at radius 2 is 1.80 bits per heavy atom. The fraction of sp³-hybridized carbons (Fsp3) is 0.0435. The molecule has 7 heteroatoms. The third-order valence-electron chi connectivity index (χ3n) is 4.40. The number of carbonyl (C=O) groups is 1. The number of aromatic nitrogens is 2. The summed E-state index contributed by atoms with van der Waals surface area (Å²) in [6.45, 7) is 0. The van der Waals surface area contributed by atoms with Crippen molar-refractivity contribution in [2.24, 2.45) is 0 Å². The Morgan fingerprint density at radius 3 is 2.50 bits per heavy atom. The number of thioether (sulfide) groups is 1. The number of amides is 1. The average Bonchev–Trinajstić information content (AvgIpc) is 3.18. The van der Waals surface area contributed by atoms with E-state index in [0.717, 1.165) is 22.0 Å². The number of halogens is 1. The summed E-state index contributed by atoms with van der Waals surface area (Å²) in [7, 11) is 0. The van der Waals surface area contributed by atoms with Crippen LogP contribution in [0.15, 0.2) is 90.2 Å². The minimum Gasteiger partial charge on any atom is -0.465 e. The Bertz CT molecular complexity index is 1160. The van der Waals surface area contributed by atoms with Gasteiger partial charge in [-0.2, -0.15) is 0 Å². The number of anilines is 1. The lowest BCUT2D eigenvalue weighted by Crippen LogP contribution is -2.06. The highest BCUT2D eigenvalue weighted by molar-refractivity contribution is 7.98. The predicted molar refractivity (Wildman–Crippen MR) is 117 cm³/mol. The first-order valence-corrected chi connectivity index (χ1v) is 10.2. The van der Waals surface area contributed by atoms with E-state index in [1.807, 2.05) is 59.3 Å². The van der Waals surface area contributed by atoms with Crippen LogP contribution < -0.4 is 5.32 Å². The Kier molecular flexibility index (Phi) is 5.81. The lowest BCUT2D eigenvalue weighted by molar-refractivity contribution is 0.209. The molecule has 2 N–H and O–H groups in total. The van der Waals surface area contributed by atoms with Crippen LogP contribution in [0.4, 0.5) is 14.9 Å². The van der Waals surface area contributed by atoms with E-state index >= 15 is 0 Å². The molecule has 1 amide bonds. The molecule has 0 atom stereocenters. The van der Waals surface area contributed by atoms with Crippen molar-refractivity contribution >= 4 is 23.5 Å². The van der Waals surface area contributed by atoms with E-state index in [-0.39, 0.29) is 5.82 Å². The van der Waals surface area contributed by atoms with E-state index in [4.69, 9.17) is 10.1 Å². The monoisotopic (exact) mass is 419 g/mol. The molecule has 3 aromatic carbocycles. The van der Waals surface area contributed by atoms with Crippen LogP contribution in [0.2, 0.25) is 0 Å². The summed E-state index contributed by atoms with van der Waals surface area (Å²) >= 11 is 1.53. The maximum atomic E-state index is 13.8. The molecule has 0 aliphatic heterocycles. The fourth-order valence-corrected chi connectivity index (χ4v) is 3.93. The molecule has 1 aromatic heterocycles. The van der Waals surface area contributed by atoms with E-state index < -0.39 is 6.09 Å². The topological polar surface area (TPSA) is 67.2 Å². The first-order valence-electron chi connectivity index (χ1n) is 9.21. The second-order valence-corrected chi connectivity index (χ2v) is 7.48. The summed E-state index contributed by atoms with van der Waals surface area (Å²) in [6.07, 6.45) is 0.814. The molecule has 0 saturated carbocycles. The highest BCUT2D eigenvalue weighted by atomic mass is 32.2. The van der Waals surface area contributed by atoms with Gasteiger partial charge in [0.15, 0.2) is 5.16 Å². The van der Waals surface area contributed by atoms with Crippen LogP contribution in [0, 0.1) is 5.82 Å². The van der Waals surface area contributed by atoms with Crippen molar-refractivity contribution in [3.63, 3.8) is 0 Å². The van der Waals surface area contributed by atoms with Crippen LogP contribution in [0.3, 0.4) is 0 Å². The van der Waals surface area contributed by atoms with E-state index in [2.05, 4.69) is 5.32 Å². The second-order valence-electron chi connectivity index (χ2n) is 6.54. The lowest BCUT2D eigenvalue weighted by atomic mass is 10.2. The first kappa shape index (κ1) is 19.7. The molecule has 150 valence electrons. The maximum Gasteiger partial charge on any atom is 0.409 e. The Hall–Kier alpha value is -3.58. The van der Waals surface area contributed by atoms with Crippen LogP contribution in [-0.4, -0.2) is 20.8 Å². The van der Waals surface area contributed by atoms with Gasteiger partial charge in [0.2, 0.25) is 0 Å². The van der Waals surface area contributed by atoms with Crippen molar-refractivity contribution in [3.05, 3.63) is 96.4 Å². The van der Waals surface area contributed by atoms with Crippen molar-refractivity contribution in [3.8, 4) is 16.9 Å². The van der Waals surface area contributed by atoms with Gasteiger partial charge in [-0.25, -0.2) is 14.2 Å². The van der Waals surface area contributed by atoms with Gasteiger partial charge in [0.1, 0.15) is 5.82 Å². The fourth-order valence-electron chi connectivity index (χ4n) is 2.98. The smallest absolute Gasteiger partial charge is 0.409 e. The van der Waals surface area contributed by atoms with E-state index in [1.165, 1.54) is 23.9 Å². The number of rotatable bonds is 6. The molecular formula is C23H18FN3O2S. The summed E-state index contributed by atoms with van der Waals surface area (Å²) in [5.74, 6) is 0.327. The van der Waals surface area contributed by atoms with Crippen molar-refractivity contribution < 1.29 is 14.3 Å². The molecular weight excluding hydrogens is 401 g/mol. The zero-order chi connectivity index (χ0) is 20.9. The number of imidazole rings is 1. The Morgan fingerprint density at radius 1 is 1.03 bits per heavy atom. The van der Waals surface area contributed by atoms with E-state index in [0.29, 0.717) is 17.1 Å². The zero-order valence-corrected chi connectivity index (χ0v) is 16.6. The molecule has 0 bridgehead atoms. The number of hydrogen-bond acceptors (Lipinski definition) is 3. The number of nitrogens with zero attached hydrogens (tertiary/aromatic N) is 2. The molecule has 0 radical (unpaired) electrons. The van der Waals surface area contributed by atoms with Crippen molar-refractivity contribution in [2.45, 2.75) is 10.9 Å². The van der Waals surface area contributed by atoms with E-state index in [1.54, 1.807) is 18.2 Å². The first-order chi connectivity index (χ1) is 14.6. The van der Waals surface area contributed by atoms with Gasteiger partial charge in [-0.3, -0.25) is 9.88 Å². The quantitative estimate of drug-likeness (QED) is 0.373. The molecule has 4 aromatic rings. The van der Waals surface area contributed by atoms with Crippen LogP contribution in [0.25, 0.3) is 16.9 Å². The molecule has 0 spiro atoms. The molecule has 0 saturated heterocycles. The van der Waals surface area contributed by atoms with Crippen LogP contribution in [-0.2, 0) is 5.75 Å². The largest absolute Gasteiger partial charge is 0.465 e. The van der Waals surface area contributed by atoms with Crippen LogP contribution in [0.1, 0.15) is 5.56 Å². The van der Waals surface area contributed by atoms with Gasteiger partial charge in [-0.1, -0.05) is 60.3 Å². The van der Waals surface area contributed by atoms with Gasteiger partial charge in [0.25, 0.3) is 0 Å². The number of hydrogen-bond donors (Lipinski definition) is 2. The normalized spacial score (nSPS) is 10.7. The lowest BCUT2D eigenvalue weighted by Gasteiger charge is -2.08. The summed E-state index contributed by atoms with van der Waals surface area (Å²) in [5.41, 5.74) is 4.03. The number of benzene rings is 3. The molecule has 0 unspecified atom stereocenters. The predicted octanol–water partition coefficient (Wildman–Crippen LogP) is 6.06. The molecule has 30 heavy (non-hydrogen) atoms. The average molecular weight is 419 g/mol. The van der Waals surface area contributed by atoms with Crippen LogP contribution in [0.5, 0.6) is 0 Å². The molecule has 0 fully saturated rings. The number of nitrogens with one attached hydrogen (secondary N) is 1. The molecule has 0 aliphatic carbocycles. The van der Waals surface area contributed by atoms with Crippen molar-refractivity contribution in [1.82, 2.24) is 9.55 Å². The minimum absolute atomic E-state index is 0.306. The summed E-state index contributed by atoms with van der Waals surface area (Å²) in [4.78, 5) is 15.5. The van der Waals surface area contributed by atoms with Crippen LogP contribution >= 0.6 is 11.8 Å². The summed E-state index contributed by atoms with van der Waals surface area (Å²) in [6, 6.07) is 23.4. The molecule has 1 heterocycles. The Balaban J connectivity index is 1.61. The molecule has 0 aliphatic rings. The highest BCUT2D eigenvalue weighted by Crippen LogP contribution is 2.29. The summed E-state index contributed by atoms with van der Waals surface area (Å²) in [5, 5.41) is 11.9. The van der Waals surface area contributed by atoms with Crippen molar-refractivity contribution in [1.29, 1.82) is 0 Å². The SMILES string of the molecule is O=C(O)Nc1ccc(CSc2nc(-c3ccccc3)cn2-c2cccc(F)c2)cc1. The Labute approximate surface area is 177 Å². The molecule has 4 rings (SSSR count). The zero-order valence-electron chi connectivity index (χ0n) is 15.8. The standard InChI is InChI=1S/C23H18FN3O2S/c24-18-7-4-8-20(13-18)27-14-21(17-5-2-1-3-6-17)26-22(27)30-15-16-9-11-19(12-10-16)25-23(28)29/h1-14,25H,15H2,(H,28,29). The van der Waals surface area contributed by atoms with Gasteiger partial charge in [0.05, 0.1) is 11.4 Å². The van der Waals surface area contributed by atoms with Crippen molar-refractivity contribution in [2.75, 3.05) is 5.32 Å². The third kappa shape index (κ3) is 4.69. The second kappa shape index (κ2) is 8.84. The molecule has 5 nitrogen and oxygen atoms in total. The van der Waals surface area contributed by atoms with Gasteiger partial charge in [0, 0.05) is 23.2 Å². The van der Waals surface area contributed by atoms with Gasteiger partial charge in [-0.05, 0) is 35.9 Å². The highest BCUT2D eigenvalue weighted by Gasteiger charge is 2.13. The van der Waals surface area contributed by atoms with Gasteiger partial charge in [-0.15, -0.1) is 0 Å². The minimum atomic E-state index is -1.09.